The minimum Gasteiger partial charge on any atom is -0.394 e. The summed E-state index contributed by atoms with van der Waals surface area (Å²) < 4.78 is 11.3. The van der Waals surface area contributed by atoms with Gasteiger partial charge in [-0.2, -0.15) is 0 Å². The van der Waals surface area contributed by atoms with Crippen molar-refractivity contribution in [1.82, 2.24) is 0 Å². The van der Waals surface area contributed by atoms with Gasteiger partial charge in [-0.3, -0.25) is 0 Å². The Hall–Kier alpha value is -0.240. The Balaban J connectivity index is 2.46. The standard InChI is InChI=1S/C26H52O6/c1-3-5-6-7-8-11-14-17-21(18-15-12-9-10-13-16-19-31-4-2)26-25(30)24(29)23(28)22(20-27)32-26/h21-30H,3-20H2,1-2H3/t21-,22+,23-,24-,25+,26?/m0/s1. The van der Waals surface area contributed by atoms with Crippen LogP contribution in [0, 0.1) is 5.92 Å². The number of rotatable bonds is 20. The van der Waals surface area contributed by atoms with E-state index in [9.17, 15) is 20.4 Å². The average Bonchev–Trinajstić information content (AvgIpc) is 2.80. The number of hydrogen-bond acceptors (Lipinski definition) is 6. The van der Waals surface area contributed by atoms with E-state index in [2.05, 4.69) is 6.92 Å². The summed E-state index contributed by atoms with van der Waals surface area (Å²) in [7, 11) is 0. The molecule has 0 bridgehead atoms. The fraction of sp³-hybridized carbons (Fsp3) is 1.00. The molecule has 1 saturated heterocycles. The quantitative estimate of drug-likeness (QED) is 0.202. The summed E-state index contributed by atoms with van der Waals surface area (Å²) >= 11 is 0. The summed E-state index contributed by atoms with van der Waals surface area (Å²) in [6.45, 7) is 5.55. The Morgan fingerprint density at radius 3 is 1.75 bits per heavy atom. The Morgan fingerprint density at radius 2 is 1.22 bits per heavy atom. The topological polar surface area (TPSA) is 99.4 Å². The van der Waals surface area contributed by atoms with Gasteiger partial charge in [0.1, 0.15) is 24.4 Å². The van der Waals surface area contributed by atoms with Crippen LogP contribution in [0.1, 0.15) is 110 Å². The van der Waals surface area contributed by atoms with Crippen LogP contribution >= 0.6 is 0 Å². The molecule has 6 nitrogen and oxygen atoms in total. The normalized spacial score (nSPS) is 27.0. The van der Waals surface area contributed by atoms with Crippen LogP contribution in [-0.4, -0.2) is 70.8 Å². The predicted octanol–water partition coefficient (Wildman–Crippen LogP) is 4.35. The van der Waals surface area contributed by atoms with Gasteiger partial charge in [0.25, 0.3) is 0 Å². The van der Waals surface area contributed by atoms with E-state index in [1.165, 1.54) is 57.8 Å². The molecule has 1 unspecified atom stereocenters. The molecule has 1 aliphatic rings. The minimum atomic E-state index is -1.27. The zero-order chi connectivity index (χ0) is 23.6. The van der Waals surface area contributed by atoms with Gasteiger partial charge in [0.2, 0.25) is 0 Å². The molecule has 0 aliphatic carbocycles. The van der Waals surface area contributed by atoms with Crippen molar-refractivity contribution in [2.45, 2.75) is 141 Å². The molecule has 1 heterocycles. The van der Waals surface area contributed by atoms with Gasteiger partial charge in [-0.15, -0.1) is 0 Å². The van der Waals surface area contributed by atoms with Crippen LogP contribution in [0.5, 0.6) is 0 Å². The molecule has 1 rings (SSSR count). The second kappa shape index (κ2) is 19.1. The molecule has 192 valence electrons. The number of aliphatic hydroxyl groups excluding tert-OH is 4. The molecule has 6 heteroatoms. The fourth-order valence-electron chi connectivity index (χ4n) is 4.82. The Labute approximate surface area is 196 Å². The third-order valence-corrected chi connectivity index (χ3v) is 6.89. The monoisotopic (exact) mass is 460 g/mol. The first-order valence-electron chi connectivity index (χ1n) is 13.4. The highest BCUT2D eigenvalue weighted by Gasteiger charge is 2.45. The van der Waals surface area contributed by atoms with E-state index >= 15 is 0 Å². The Morgan fingerprint density at radius 1 is 0.688 bits per heavy atom. The van der Waals surface area contributed by atoms with Crippen molar-refractivity contribution in [3.63, 3.8) is 0 Å². The second-order valence-corrected chi connectivity index (χ2v) is 9.57. The summed E-state index contributed by atoms with van der Waals surface area (Å²) in [5, 5.41) is 40.5. The lowest BCUT2D eigenvalue weighted by Crippen LogP contribution is -2.60. The molecular weight excluding hydrogens is 408 g/mol. The van der Waals surface area contributed by atoms with Crippen molar-refractivity contribution in [1.29, 1.82) is 0 Å². The molecule has 6 atom stereocenters. The van der Waals surface area contributed by atoms with Gasteiger partial charge in [-0.1, -0.05) is 84.0 Å². The van der Waals surface area contributed by atoms with Crippen molar-refractivity contribution < 1.29 is 29.9 Å². The summed E-state index contributed by atoms with van der Waals surface area (Å²) in [6.07, 6.45) is 12.5. The van der Waals surface area contributed by atoms with E-state index in [-0.39, 0.29) is 12.5 Å². The van der Waals surface area contributed by atoms with Crippen LogP contribution in [0.3, 0.4) is 0 Å². The van der Waals surface area contributed by atoms with Gasteiger partial charge >= 0.3 is 0 Å². The van der Waals surface area contributed by atoms with Crippen molar-refractivity contribution in [3.8, 4) is 0 Å². The van der Waals surface area contributed by atoms with Crippen molar-refractivity contribution >= 4 is 0 Å². The highest BCUT2D eigenvalue weighted by molar-refractivity contribution is 4.94. The Kier molecular flexibility index (Phi) is 17.8. The molecular formula is C26H52O6. The maximum atomic E-state index is 10.6. The lowest BCUT2D eigenvalue weighted by atomic mass is 9.82. The van der Waals surface area contributed by atoms with Gasteiger partial charge in [-0.05, 0) is 32.1 Å². The number of unbranched alkanes of at least 4 members (excludes halogenated alkanes) is 11. The number of hydrogen-bond donors (Lipinski definition) is 4. The van der Waals surface area contributed by atoms with Crippen molar-refractivity contribution in [2.24, 2.45) is 5.92 Å². The molecule has 0 saturated carbocycles. The van der Waals surface area contributed by atoms with Gasteiger partial charge in [0.15, 0.2) is 0 Å². The third-order valence-electron chi connectivity index (χ3n) is 6.89. The van der Waals surface area contributed by atoms with E-state index in [1.54, 1.807) is 0 Å². The Bertz CT molecular complexity index is 419. The van der Waals surface area contributed by atoms with E-state index < -0.39 is 30.5 Å². The van der Waals surface area contributed by atoms with Gasteiger partial charge < -0.3 is 29.9 Å². The van der Waals surface area contributed by atoms with Gasteiger partial charge in [0, 0.05) is 13.2 Å². The maximum Gasteiger partial charge on any atom is 0.111 e. The lowest BCUT2D eigenvalue weighted by molar-refractivity contribution is -0.242. The predicted molar refractivity (Wildman–Crippen MR) is 129 cm³/mol. The zero-order valence-corrected chi connectivity index (χ0v) is 20.8. The minimum absolute atomic E-state index is 0.134. The summed E-state index contributed by atoms with van der Waals surface area (Å²) in [5.74, 6) is 0.134. The molecule has 4 N–H and O–H groups in total. The van der Waals surface area contributed by atoms with E-state index in [1.807, 2.05) is 6.92 Å². The summed E-state index contributed by atoms with van der Waals surface area (Å²) in [4.78, 5) is 0. The molecule has 32 heavy (non-hydrogen) atoms. The molecule has 1 fully saturated rings. The molecule has 0 amide bonds. The smallest absolute Gasteiger partial charge is 0.111 e. The largest absolute Gasteiger partial charge is 0.394 e. The molecule has 0 radical (unpaired) electrons. The lowest BCUT2D eigenvalue weighted by Gasteiger charge is -2.43. The molecule has 0 aromatic carbocycles. The van der Waals surface area contributed by atoms with Crippen LogP contribution in [-0.2, 0) is 9.47 Å². The third kappa shape index (κ3) is 11.8. The van der Waals surface area contributed by atoms with E-state index in [4.69, 9.17) is 9.47 Å². The van der Waals surface area contributed by atoms with Crippen LogP contribution in [0.15, 0.2) is 0 Å². The molecule has 0 aromatic rings. The van der Waals surface area contributed by atoms with Crippen LogP contribution in [0.25, 0.3) is 0 Å². The van der Waals surface area contributed by atoms with Gasteiger partial charge in [-0.25, -0.2) is 0 Å². The van der Waals surface area contributed by atoms with E-state index in [0.717, 1.165) is 51.7 Å². The molecule has 0 aromatic heterocycles. The van der Waals surface area contributed by atoms with Crippen molar-refractivity contribution in [3.05, 3.63) is 0 Å². The fourth-order valence-corrected chi connectivity index (χ4v) is 4.82. The second-order valence-electron chi connectivity index (χ2n) is 9.57. The number of ether oxygens (including phenoxy) is 2. The first-order chi connectivity index (χ1) is 15.6. The average molecular weight is 461 g/mol. The zero-order valence-electron chi connectivity index (χ0n) is 20.8. The first-order valence-corrected chi connectivity index (χ1v) is 13.4. The molecule has 0 spiro atoms. The highest BCUT2D eigenvalue weighted by Crippen LogP contribution is 2.32. The van der Waals surface area contributed by atoms with Gasteiger partial charge in [0.05, 0.1) is 12.7 Å². The number of aliphatic hydroxyl groups is 4. The van der Waals surface area contributed by atoms with E-state index in [0.29, 0.717) is 0 Å². The summed E-state index contributed by atoms with van der Waals surface area (Å²) in [5.41, 5.74) is 0. The van der Waals surface area contributed by atoms with Crippen LogP contribution in [0.2, 0.25) is 0 Å². The SMILES string of the molecule is CCCCCCCCC[C@@H](CCCCCCCCOCC)C1O[C@H](CO)[C@H](O)[C@H](O)[C@H]1O. The van der Waals surface area contributed by atoms with Crippen LogP contribution in [0.4, 0.5) is 0 Å². The first kappa shape index (κ1) is 29.8. The van der Waals surface area contributed by atoms with Crippen molar-refractivity contribution in [2.75, 3.05) is 19.8 Å². The van der Waals surface area contributed by atoms with Crippen LogP contribution < -0.4 is 0 Å². The molecule has 1 aliphatic heterocycles. The highest BCUT2D eigenvalue weighted by atomic mass is 16.5. The maximum absolute atomic E-state index is 10.6. The summed E-state index contributed by atoms with van der Waals surface area (Å²) in [6, 6.07) is 0.